The van der Waals surface area contributed by atoms with Crippen LogP contribution in [0.3, 0.4) is 0 Å². The minimum Gasteiger partial charge on any atom is -0.381 e. The molecule has 1 heterocycles. The maximum atomic E-state index is 13.6. The van der Waals surface area contributed by atoms with Crippen LogP contribution in [0, 0.1) is 24.5 Å². The van der Waals surface area contributed by atoms with Gasteiger partial charge in [0.1, 0.15) is 11.6 Å². The SMILES string of the molecule is Cc1cc(F)c(C(Cl)C2CCOC2)cc1F. The zero-order chi connectivity index (χ0) is 11.7. The monoisotopic (exact) mass is 246 g/mol. The molecule has 4 heteroatoms. The Bertz CT molecular complexity index is 389. The van der Waals surface area contributed by atoms with Crippen LogP contribution in [-0.2, 0) is 4.74 Å². The molecule has 0 radical (unpaired) electrons. The number of ether oxygens (including phenoxy) is 1. The van der Waals surface area contributed by atoms with E-state index in [4.69, 9.17) is 16.3 Å². The second kappa shape index (κ2) is 4.68. The maximum absolute atomic E-state index is 13.6. The number of halogens is 3. The molecule has 0 saturated carbocycles. The molecule has 1 saturated heterocycles. The summed E-state index contributed by atoms with van der Waals surface area (Å²) in [5.41, 5.74) is 0.535. The molecule has 0 N–H and O–H groups in total. The van der Waals surface area contributed by atoms with Gasteiger partial charge < -0.3 is 4.74 Å². The molecule has 0 aromatic heterocycles. The molecule has 1 aliphatic rings. The Hall–Kier alpha value is -0.670. The van der Waals surface area contributed by atoms with Crippen molar-refractivity contribution in [3.63, 3.8) is 0 Å². The van der Waals surface area contributed by atoms with Crippen LogP contribution in [0.2, 0.25) is 0 Å². The fraction of sp³-hybridized carbons (Fsp3) is 0.500. The van der Waals surface area contributed by atoms with E-state index >= 15 is 0 Å². The predicted octanol–water partition coefficient (Wildman–Crippen LogP) is 3.59. The molecular weight excluding hydrogens is 234 g/mol. The van der Waals surface area contributed by atoms with Crippen molar-refractivity contribution in [3.05, 3.63) is 34.9 Å². The van der Waals surface area contributed by atoms with E-state index in [-0.39, 0.29) is 11.5 Å². The summed E-state index contributed by atoms with van der Waals surface area (Å²) in [6.45, 7) is 2.69. The van der Waals surface area contributed by atoms with Crippen LogP contribution in [0.5, 0.6) is 0 Å². The third-order valence-corrected chi connectivity index (χ3v) is 3.55. The van der Waals surface area contributed by atoms with Crippen molar-refractivity contribution in [1.82, 2.24) is 0 Å². The lowest BCUT2D eigenvalue weighted by atomic mass is 9.96. The highest BCUT2D eigenvalue weighted by Gasteiger charge is 2.27. The summed E-state index contributed by atoms with van der Waals surface area (Å²) in [7, 11) is 0. The van der Waals surface area contributed by atoms with E-state index in [0.717, 1.165) is 6.42 Å². The van der Waals surface area contributed by atoms with Crippen molar-refractivity contribution in [1.29, 1.82) is 0 Å². The van der Waals surface area contributed by atoms with Gasteiger partial charge in [-0.3, -0.25) is 0 Å². The molecule has 2 atom stereocenters. The lowest BCUT2D eigenvalue weighted by Gasteiger charge is -2.17. The molecule has 2 unspecified atom stereocenters. The Morgan fingerprint density at radius 1 is 1.38 bits per heavy atom. The van der Waals surface area contributed by atoms with Crippen molar-refractivity contribution in [2.24, 2.45) is 5.92 Å². The highest BCUT2D eigenvalue weighted by atomic mass is 35.5. The minimum atomic E-state index is -0.516. The molecule has 88 valence electrons. The smallest absolute Gasteiger partial charge is 0.128 e. The second-order valence-electron chi connectivity index (χ2n) is 4.15. The Morgan fingerprint density at radius 2 is 2.12 bits per heavy atom. The van der Waals surface area contributed by atoms with Gasteiger partial charge in [0.05, 0.1) is 12.0 Å². The topological polar surface area (TPSA) is 9.23 Å². The largest absolute Gasteiger partial charge is 0.381 e. The summed E-state index contributed by atoms with van der Waals surface area (Å²) in [6.07, 6.45) is 0.795. The zero-order valence-corrected chi connectivity index (χ0v) is 9.73. The molecule has 2 rings (SSSR count). The van der Waals surface area contributed by atoms with E-state index in [1.54, 1.807) is 0 Å². The van der Waals surface area contributed by atoms with Crippen LogP contribution in [0.15, 0.2) is 12.1 Å². The lowest BCUT2D eigenvalue weighted by molar-refractivity contribution is 0.185. The van der Waals surface area contributed by atoms with Gasteiger partial charge in [0.15, 0.2) is 0 Å². The molecule has 0 bridgehead atoms. The molecular formula is C12H13ClF2O. The van der Waals surface area contributed by atoms with Crippen LogP contribution in [0.1, 0.15) is 22.9 Å². The van der Waals surface area contributed by atoms with Gasteiger partial charge in [-0.05, 0) is 31.0 Å². The summed E-state index contributed by atoms with van der Waals surface area (Å²) in [6, 6.07) is 2.39. The average molecular weight is 247 g/mol. The normalized spacial score (nSPS) is 22.4. The van der Waals surface area contributed by atoms with E-state index < -0.39 is 17.0 Å². The number of benzene rings is 1. The van der Waals surface area contributed by atoms with Gasteiger partial charge in [-0.25, -0.2) is 8.78 Å². The Kier molecular flexibility index (Phi) is 3.45. The molecule has 0 amide bonds. The van der Waals surface area contributed by atoms with Crippen molar-refractivity contribution >= 4 is 11.6 Å². The number of rotatable bonds is 2. The van der Waals surface area contributed by atoms with Gasteiger partial charge in [-0.2, -0.15) is 0 Å². The van der Waals surface area contributed by atoms with E-state index in [1.807, 2.05) is 0 Å². The van der Waals surface area contributed by atoms with Gasteiger partial charge >= 0.3 is 0 Å². The van der Waals surface area contributed by atoms with E-state index in [9.17, 15) is 8.78 Å². The first-order valence-electron chi connectivity index (χ1n) is 5.27. The molecule has 1 aliphatic heterocycles. The zero-order valence-electron chi connectivity index (χ0n) is 8.97. The Labute approximate surface area is 98.4 Å². The van der Waals surface area contributed by atoms with Crippen LogP contribution in [0.4, 0.5) is 8.78 Å². The molecule has 0 spiro atoms. The summed E-state index contributed by atoms with van der Waals surface area (Å²) in [5.74, 6) is -0.787. The maximum Gasteiger partial charge on any atom is 0.128 e. The van der Waals surface area contributed by atoms with Crippen LogP contribution < -0.4 is 0 Å². The van der Waals surface area contributed by atoms with Crippen molar-refractivity contribution in [2.45, 2.75) is 18.7 Å². The highest BCUT2D eigenvalue weighted by molar-refractivity contribution is 6.21. The van der Waals surface area contributed by atoms with E-state index in [1.165, 1.54) is 19.1 Å². The molecule has 1 nitrogen and oxygen atoms in total. The lowest BCUT2D eigenvalue weighted by Crippen LogP contribution is -2.10. The Balaban J connectivity index is 2.28. The first-order valence-corrected chi connectivity index (χ1v) is 5.70. The van der Waals surface area contributed by atoms with Crippen molar-refractivity contribution in [3.8, 4) is 0 Å². The molecule has 0 aliphatic carbocycles. The summed E-state index contributed by atoms with van der Waals surface area (Å²) >= 11 is 6.16. The molecule has 1 fully saturated rings. The van der Waals surface area contributed by atoms with Gasteiger partial charge in [-0.15, -0.1) is 11.6 Å². The van der Waals surface area contributed by atoms with E-state index in [0.29, 0.717) is 18.8 Å². The second-order valence-corrected chi connectivity index (χ2v) is 4.62. The molecule has 16 heavy (non-hydrogen) atoms. The van der Waals surface area contributed by atoms with Crippen molar-refractivity contribution < 1.29 is 13.5 Å². The fourth-order valence-electron chi connectivity index (χ4n) is 1.91. The minimum absolute atomic E-state index is 0.0678. The number of aryl methyl sites for hydroxylation is 1. The number of hydrogen-bond donors (Lipinski definition) is 0. The molecule has 1 aromatic rings. The predicted molar refractivity (Wildman–Crippen MR) is 58.6 cm³/mol. The summed E-state index contributed by atoms with van der Waals surface area (Å²) < 4.78 is 32.2. The highest BCUT2D eigenvalue weighted by Crippen LogP contribution is 2.36. The van der Waals surface area contributed by atoms with Gasteiger partial charge in [0.25, 0.3) is 0 Å². The third-order valence-electron chi connectivity index (χ3n) is 2.95. The van der Waals surface area contributed by atoms with Gasteiger partial charge in [-0.1, -0.05) is 0 Å². The standard InChI is InChI=1S/C12H13ClF2O/c1-7-4-11(15)9(5-10(7)14)12(13)8-2-3-16-6-8/h4-5,8,12H,2-3,6H2,1H3. The number of alkyl halides is 1. The molecule has 1 aromatic carbocycles. The van der Waals surface area contributed by atoms with Crippen LogP contribution in [-0.4, -0.2) is 13.2 Å². The summed E-state index contributed by atoms with van der Waals surface area (Å²) in [4.78, 5) is 0. The Morgan fingerprint density at radius 3 is 2.75 bits per heavy atom. The quantitative estimate of drug-likeness (QED) is 0.725. The van der Waals surface area contributed by atoms with Crippen LogP contribution in [0.25, 0.3) is 0 Å². The van der Waals surface area contributed by atoms with Crippen molar-refractivity contribution in [2.75, 3.05) is 13.2 Å². The van der Waals surface area contributed by atoms with E-state index in [2.05, 4.69) is 0 Å². The number of hydrogen-bond acceptors (Lipinski definition) is 1. The van der Waals surface area contributed by atoms with Gasteiger partial charge in [0.2, 0.25) is 0 Å². The third kappa shape index (κ3) is 2.20. The average Bonchev–Trinajstić information content (AvgIpc) is 2.75. The summed E-state index contributed by atoms with van der Waals surface area (Å²) in [5, 5.41) is -0.516. The van der Waals surface area contributed by atoms with Gasteiger partial charge in [0, 0.05) is 18.1 Å². The first kappa shape index (κ1) is 11.8. The van der Waals surface area contributed by atoms with Crippen LogP contribution >= 0.6 is 11.6 Å². The fourth-order valence-corrected chi connectivity index (χ4v) is 2.28. The first-order chi connectivity index (χ1) is 7.59.